The Morgan fingerprint density at radius 2 is 1.76 bits per heavy atom. The second kappa shape index (κ2) is 11.7. The van der Waals surface area contributed by atoms with Gasteiger partial charge in [-0.05, 0) is 69.4 Å². The number of carbonyl (C=O) groups is 2. The van der Waals surface area contributed by atoms with Crippen LogP contribution in [0, 0.1) is 20.8 Å². The summed E-state index contributed by atoms with van der Waals surface area (Å²) in [6.45, 7) is 8.06. The number of amides is 2. The van der Waals surface area contributed by atoms with Gasteiger partial charge >= 0.3 is 0 Å². The van der Waals surface area contributed by atoms with Crippen LogP contribution in [0.4, 0.5) is 0 Å². The van der Waals surface area contributed by atoms with E-state index in [9.17, 15) is 9.59 Å². The zero-order valence-corrected chi connectivity index (χ0v) is 21.7. The number of hydrogen-bond acceptors (Lipinski definition) is 3. The summed E-state index contributed by atoms with van der Waals surface area (Å²) in [5, 5.41) is 3.17. The third kappa shape index (κ3) is 7.07. The number of hydrogen-bond donors (Lipinski definition) is 1. The Kier molecular flexibility index (Phi) is 8.95. The molecule has 2 amide bonds. The van der Waals surface area contributed by atoms with E-state index in [-0.39, 0.29) is 24.5 Å². The fourth-order valence-electron chi connectivity index (χ4n) is 4.38. The van der Waals surface area contributed by atoms with Gasteiger partial charge in [-0.2, -0.15) is 0 Å². The summed E-state index contributed by atoms with van der Waals surface area (Å²) in [5.74, 6) is 0.343. The van der Waals surface area contributed by atoms with E-state index < -0.39 is 6.04 Å². The maximum absolute atomic E-state index is 13.3. The smallest absolute Gasteiger partial charge is 0.261 e. The summed E-state index contributed by atoms with van der Waals surface area (Å²) in [5.41, 5.74) is 4.22. The van der Waals surface area contributed by atoms with E-state index in [1.165, 1.54) is 6.42 Å². The van der Waals surface area contributed by atoms with Gasteiger partial charge in [-0.15, -0.1) is 0 Å². The van der Waals surface area contributed by atoms with Gasteiger partial charge in [-0.1, -0.05) is 65.0 Å². The molecule has 178 valence electrons. The molecule has 0 spiro atoms. The molecule has 1 atom stereocenters. The lowest BCUT2D eigenvalue weighted by atomic mass is 9.95. The molecule has 3 rings (SSSR count). The number of benzene rings is 2. The molecule has 0 heterocycles. The number of aryl methyl sites for hydroxylation is 3. The Morgan fingerprint density at radius 1 is 1.09 bits per heavy atom. The van der Waals surface area contributed by atoms with Gasteiger partial charge in [0.05, 0.1) is 0 Å². The van der Waals surface area contributed by atoms with Crippen molar-refractivity contribution in [2.24, 2.45) is 0 Å². The Balaban J connectivity index is 1.73. The molecule has 2 aromatic rings. The van der Waals surface area contributed by atoms with E-state index in [4.69, 9.17) is 4.74 Å². The summed E-state index contributed by atoms with van der Waals surface area (Å²) in [6, 6.07) is 11.5. The van der Waals surface area contributed by atoms with Gasteiger partial charge in [0.15, 0.2) is 6.61 Å². The molecule has 0 bridgehead atoms. The van der Waals surface area contributed by atoms with E-state index in [0.29, 0.717) is 12.3 Å². The fraction of sp³-hybridized carbons (Fsp3) is 0.481. The number of rotatable bonds is 8. The van der Waals surface area contributed by atoms with Crippen molar-refractivity contribution in [2.75, 3.05) is 6.61 Å². The van der Waals surface area contributed by atoms with Gasteiger partial charge < -0.3 is 15.0 Å². The van der Waals surface area contributed by atoms with Crippen molar-refractivity contribution < 1.29 is 14.3 Å². The third-order valence-corrected chi connectivity index (χ3v) is 7.58. The van der Waals surface area contributed by atoms with Gasteiger partial charge in [-0.25, -0.2) is 0 Å². The Bertz CT molecular complexity index is 962. The van der Waals surface area contributed by atoms with E-state index in [1.807, 2.05) is 57.2 Å². The predicted octanol–water partition coefficient (Wildman–Crippen LogP) is 5.62. The number of ether oxygens (including phenoxy) is 1. The summed E-state index contributed by atoms with van der Waals surface area (Å²) in [4.78, 5) is 28.0. The lowest BCUT2D eigenvalue weighted by molar-refractivity contribution is -0.142. The standard InChI is InChI=1S/C27H35BrN2O3/c1-18-9-8-10-22(13-18)16-30(21(4)27(32)29-23-11-6-5-7-12-23)25(31)17-33-24-14-19(2)26(28)20(3)15-24/h8-10,13-15,21,23H,5-7,11-12,16-17H2,1-4H3,(H,29,32)/t21-/m1/s1. The first kappa shape index (κ1) is 25.3. The van der Waals surface area contributed by atoms with Crippen LogP contribution in [-0.2, 0) is 16.1 Å². The SMILES string of the molecule is Cc1cccc(CN(C(=O)COc2cc(C)c(Br)c(C)c2)[C@H](C)C(=O)NC2CCCCC2)c1. The topological polar surface area (TPSA) is 58.6 Å². The van der Waals surface area contributed by atoms with E-state index in [1.54, 1.807) is 11.8 Å². The number of nitrogens with one attached hydrogen (secondary N) is 1. The van der Waals surface area contributed by atoms with Crippen molar-refractivity contribution >= 4 is 27.7 Å². The third-order valence-electron chi connectivity index (χ3n) is 6.33. The Morgan fingerprint density at radius 3 is 2.39 bits per heavy atom. The van der Waals surface area contributed by atoms with Gasteiger partial charge in [0.2, 0.25) is 5.91 Å². The molecule has 0 aliphatic heterocycles. The lowest BCUT2D eigenvalue weighted by Crippen LogP contribution is -2.51. The van der Waals surface area contributed by atoms with Crippen molar-refractivity contribution in [1.29, 1.82) is 0 Å². The van der Waals surface area contributed by atoms with Gasteiger partial charge in [-0.3, -0.25) is 9.59 Å². The lowest BCUT2D eigenvalue weighted by Gasteiger charge is -2.31. The zero-order valence-electron chi connectivity index (χ0n) is 20.1. The largest absolute Gasteiger partial charge is 0.484 e. The van der Waals surface area contributed by atoms with Crippen molar-refractivity contribution in [3.63, 3.8) is 0 Å². The average Bonchev–Trinajstić information content (AvgIpc) is 2.79. The quantitative estimate of drug-likeness (QED) is 0.497. The highest BCUT2D eigenvalue weighted by Gasteiger charge is 2.28. The minimum absolute atomic E-state index is 0.0989. The number of halogens is 1. The summed E-state index contributed by atoms with van der Waals surface area (Å²) >= 11 is 3.56. The van der Waals surface area contributed by atoms with E-state index in [2.05, 4.69) is 21.2 Å². The predicted molar refractivity (Wildman–Crippen MR) is 135 cm³/mol. The molecule has 5 nitrogen and oxygen atoms in total. The maximum atomic E-state index is 13.3. The van der Waals surface area contributed by atoms with Crippen molar-refractivity contribution in [1.82, 2.24) is 10.2 Å². The molecule has 0 radical (unpaired) electrons. The first-order valence-electron chi connectivity index (χ1n) is 11.8. The minimum atomic E-state index is -0.586. The van der Waals surface area contributed by atoms with Gasteiger partial charge in [0.1, 0.15) is 11.8 Å². The van der Waals surface area contributed by atoms with Crippen LogP contribution in [0.25, 0.3) is 0 Å². The molecule has 0 unspecified atom stereocenters. The van der Waals surface area contributed by atoms with Crippen molar-refractivity contribution in [2.45, 2.75) is 78.4 Å². The van der Waals surface area contributed by atoms with Gasteiger partial charge in [0, 0.05) is 17.1 Å². The number of carbonyl (C=O) groups excluding carboxylic acids is 2. The highest BCUT2D eigenvalue weighted by atomic mass is 79.9. The van der Waals surface area contributed by atoms with Crippen LogP contribution in [0.1, 0.15) is 61.3 Å². The molecule has 33 heavy (non-hydrogen) atoms. The minimum Gasteiger partial charge on any atom is -0.484 e. The van der Waals surface area contributed by atoms with Crippen LogP contribution in [0.3, 0.4) is 0 Å². The molecule has 1 N–H and O–H groups in total. The van der Waals surface area contributed by atoms with Crippen molar-refractivity contribution in [3.05, 3.63) is 63.1 Å². The normalized spacial score (nSPS) is 15.1. The monoisotopic (exact) mass is 514 g/mol. The van der Waals surface area contributed by atoms with Crippen LogP contribution in [0.5, 0.6) is 5.75 Å². The number of nitrogens with zero attached hydrogens (tertiary/aromatic N) is 1. The highest BCUT2D eigenvalue weighted by Crippen LogP contribution is 2.26. The molecular weight excluding hydrogens is 480 g/mol. The molecule has 0 saturated heterocycles. The van der Waals surface area contributed by atoms with Crippen LogP contribution < -0.4 is 10.1 Å². The first-order chi connectivity index (χ1) is 15.7. The van der Waals surface area contributed by atoms with Crippen LogP contribution in [0.2, 0.25) is 0 Å². The molecule has 6 heteroatoms. The molecule has 1 fully saturated rings. The summed E-state index contributed by atoms with van der Waals surface area (Å²) in [7, 11) is 0. The van der Waals surface area contributed by atoms with E-state index in [0.717, 1.165) is 52.4 Å². The summed E-state index contributed by atoms with van der Waals surface area (Å²) in [6.07, 6.45) is 5.54. The molecule has 2 aromatic carbocycles. The fourth-order valence-corrected chi connectivity index (χ4v) is 4.60. The molecular formula is C27H35BrN2O3. The second-order valence-electron chi connectivity index (χ2n) is 9.19. The zero-order chi connectivity index (χ0) is 24.0. The average molecular weight is 515 g/mol. The molecule has 0 aromatic heterocycles. The Hall–Kier alpha value is -2.34. The summed E-state index contributed by atoms with van der Waals surface area (Å²) < 4.78 is 6.90. The Labute approximate surface area is 206 Å². The van der Waals surface area contributed by atoms with Crippen LogP contribution >= 0.6 is 15.9 Å². The van der Waals surface area contributed by atoms with E-state index >= 15 is 0 Å². The molecule has 1 aliphatic carbocycles. The maximum Gasteiger partial charge on any atom is 0.261 e. The first-order valence-corrected chi connectivity index (χ1v) is 12.6. The second-order valence-corrected chi connectivity index (χ2v) is 9.98. The molecule has 1 aliphatic rings. The molecule has 1 saturated carbocycles. The highest BCUT2D eigenvalue weighted by molar-refractivity contribution is 9.10. The van der Waals surface area contributed by atoms with Crippen molar-refractivity contribution in [3.8, 4) is 5.75 Å². The van der Waals surface area contributed by atoms with Crippen LogP contribution in [-0.4, -0.2) is 35.4 Å². The van der Waals surface area contributed by atoms with Crippen LogP contribution in [0.15, 0.2) is 40.9 Å². The van der Waals surface area contributed by atoms with Gasteiger partial charge in [0.25, 0.3) is 5.91 Å².